The molecule has 1 aromatic heterocycles. The number of esters is 2. The number of carbonyl (C=O) groups is 2. The lowest BCUT2D eigenvalue weighted by Crippen LogP contribution is -2.36. The molecule has 2 rings (SSSR count). The summed E-state index contributed by atoms with van der Waals surface area (Å²) in [4.78, 5) is 27.8. The Balaban J connectivity index is 2.45. The van der Waals surface area contributed by atoms with Crippen molar-refractivity contribution in [3.63, 3.8) is 0 Å². The van der Waals surface area contributed by atoms with Crippen molar-refractivity contribution in [1.29, 1.82) is 0 Å². The number of anilines is 3. The summed E-state index contributed by atoms with van der Waals surface area (Å²) in [5.74, 6) is -0.311. The number of hydrogen-bond donors (Lipinski definition) is 2. The zero-order valence-electron chi connectivity index (χ0n) is 13.9. The maximum atomic E-state index is 11.8. The number of nitrogens with zero attached hydrogens (tertiary/aromatic N) is 2. The molecule has 24 heavy (non-hydrogen) atoms. The SMILES string of the molecule is COC(=O)c1cc(Nc2cc(C)[n+](C)c(N)n2)cc(C(=O)OC)c1. The standard InChI is InChI=1S/C16H18N4O4/c1-9-5-13(19-16(17)20(9)2)18-12-7-10(14(21)23-3)6-11(8-12)15(22)24-4/h5-8H,1-4H3,(H2,17,18,19)/p+1. The first kappa shape index (κ1) is 17.2. The number of aryl methyl sites for hydroxylation is 1. The van der Waals surface area contributed by atoms with Gasteiger partial charge in [0.05, 0.1) is 38.1 Å². The second kappa shape index (κ2) is 6.95. The molecule has 1 aromatic carbocycles. The Labute approximate surface area is 139 Å². The molecule has 3 N–H and O–H groups in total. The van der Waals surface area contributed by atoms with E-state index in [1.807, 2.05) is 6.92 Å². The van der Waals surface area contributed by atoms with Gasteiger partial charge >= 0.3 is 17.9 Å². The van der Waals surface area contributed by atoms with E-state index in [9.17, 15) is 9.59 Å². The predicted octanol–water partition coefficient (Wildman–Crippen LogP) is 1.11. The van der Waals surface area contributed by atoms with E-state index < -0.39 is 11.9 Å². The fourth-order valence-corrected chi connectivity index (χ4v) is 2.09. The van der Waals surface area contributed by atoms with E-state index in [0.717, 1.165) is 5.69 Å². The summed E-state index contributed by atoms with van der Waals surface area (Å²) in [6, 6.07) is 6.30. The summed E-state index contributed by atoms with van der Waals surface area (Å²) < 4.78 is 11.1. The zero-order chi connectivity index (χ0) is 17.9. The molecule has 0 aliphatic carbocycles. The lowest BCUT2D eigenvalue weighted by Gasteiger charge is -2.09. The number of carbonyl (C=O) groups excluding carboxylic acids is 2. The molecule has 8 heteroatoms. The Hall–Kier alpha value is -3.16. The van der Waals surface area contributed by atoms with Crippen LogP contribution in [-0.4, -0.2) is 31.1 Å². The smallest absolute Gasteiger partial charge is 0.391 e. The molecule has 0 saturated heterocycles. The number of benzene rings is 1. The van der Waals surface area contributed by atoms with Crippen LogP contribution < -0.4 is 15.6 Å². The van der Waals surface area contributed by atoms with Crippen LogP contribution >= 0.6 is 0 Å². The monoisotopic (exact) mass is 331 g/mol. The third-order valence-corrected chi connectivity index (χ3v) is 3.50. The van der Waals surface area contributed by atoms with Gasteiger partial charge in [0, 0.05) is 11.8 Å². The molecule has 0 spiro atoms. The topological polar surface area (TPSA) is 107 Å². The first-order valence-electron chi connectivity index (χ1n) is 7.07. The van der Waals surface area contributed by atoms with Gasteiger partial charge in [-0.1, -0.05) is 4.98 Å². The fraction of sp³-hybridized carbons (Fsp3) is 0.250. The van der Waals surface area contributed by atoms with Crippen molar-refractivity contribution in [2.75, 3.05) is 25.3 Å². The molecule has 0 aliphatic heterocycles. The number of ether oxygens (including phenoxy) is 2. The van der Waals surface area contributed by atoms with Gasteiger partial charge in [0.25, 0.3) is 0 Å². The number of nitrogens with two attached hydrogens (primary N) is 1. The Morgan fingerprint density at radius 3 is 2.08 bits per heavy atom. The highest BCUT2D eigenvalue weighted by Crippen LogP contribution is 2.20. The number of nitrogens with one attached hydrogen (secondary N) is 1. The van der Waals surface area contributed by atoms with Gasteiger partial charge in [0.1, 0.15) is 0 Å². The highest BCUT2D eigenvalue weighted by Gasteiger charge is 2.16. The highest BCUT2D eigenvalue weighted by atomic mass is 16.5. The molecule has 8 nitrogen and oxygen atoms in total. The second-order valence-corrected chi connectivity index (χ2v) is 5.11. The minimum absolute atomic E-state index is 0.217. The Kier molecular flexibility index (Phi) is 4.98. The first-order chi connectivity index (χ1) is 11.3. The van der Waals surface area contributed by atoms with Crippen LogP contribution in [0.5, 0.6) is 0 Å². The highest BCUT2D eigenvalue weighted by molar-refractivity contribution is 5.97. The summed E-state index contributed by atoms with van der Waals surface area (Å²) in [7, 11) is 4.33. The van der Waals surface area contributed by atoms with Crippen LogP contribution in [0, 0.1) is 6.92 Å². The average Bonchev–Trinajstić information content (AvgIpc) is 2.57. The van der Waals surface area contributed by atoms with Crippen LogP contribution in [0.25, 0.3) is 0 Å². The normalized spacial score (nSPS) is 10.2. The molecule has 0 saturated carbocycles. The summed E-state index contributed by atoms with van der Waals surface area (Å²) in [5, 5.41) is 3.03. The summed E-state index contributed by atoms with van der Waals surface area (Å²) in [6.45, 7) is 1.88. The van der Waals surface area contributed by atoms with Crippen LogP contribution in [0.2, 0.25) is 0 Å². The average molecular weight is 331 g/mol. The zero-order valence-corrected chi connectivity index (χ0v) is 13.9. The molecule has 0 bridgehead atoms. The van der Waals surface area contributed by atoms with E-state index >= 15 is 0 Å². The van der Waals surface area contributed by atoms with Gasteiger partial charge in [-0.15, -0.1) is 0 Å². The Morgan fingerprint density at radius 2 is 1.62 bits per heavy atom. The summed E-state index contributed by atoms with van der Waals surface area (Å²) >= 11 is 0. The van der Waals surface area contributed by atoms with Crippen LogP contribution in [-0.2, 0) is 16.5 Å². The van der Waals surface area contributed by atoms with Crippen LogP contribution in [0.1, 0.15) is 26.4 Å². The van der Waals surface area contributed by atoms with Crippen LogP contribution in [0.15, 0.2) is 24.3 Å². The van der Waals surface area contributed by atoms with E-state index in [1.54, 1.807) is 29.8 Å². The van der Waals surface area contributed by atoms with Gasteiger partial charge < -0.3 is 14.8 Å². The first-order valence-corrected chi connectivity index (χ1v) is 7.07. The van der Waals surface area contributed by atoms with Crippen molar-refractivity contribution >= 4 is 29.4 Å². The largest absolute Gasteiger partial charge is 0.465 e. The third kappa shape index (κ3) is 3.60. The second-order valence-electron chi connectivity index (χ2n) is 5.11. The van der Waals surface area contributed by atoms with Gasteiger partial charge in [0.15, 0.2) is 0 Å². The van der Waals surface area contributed by atoms with Crippen molar-refractivity contribution in [2.24, 2.45) is 7.05 Å². The number of hydrogen-bond acceptors (Lipinski definition) is 7. The van der Waals surface area contributed by atoms with E-state index in [2.05, 4.69) is 10.3 Å². The molecular formula is C16H19N4O4+. The van der Waals surface area contributed by atoms with Crippen molar-refractivity contribution in [3.8, 4) is 0 Å². The predicted molar refractivity (Wildman–Crippen MR) is 87.0 cm³/mol. The van der Waals surface area contributed by atoms with Gasteiger partial charge in [0.2, 0.25) is 5.82 Å². The minimum atomic E-state index is -0.563. The van der Waals surface area contributed by atoms with Gasteiger partial charge in [-0.3, -0.25) is 5.73 Å². The molecule has 1 heterocycles. The van der Waals surface area contributed by atoms with Crippen molar-refractivity contribution in [2.45, 2.75) is 6.92 Å². The molecule has 126 valence electrons. The number of methoxy groups -OCH3 is 2. The number of nitrogen functional groups attached to an aromatic ring is 1. The lowest BCUT2D eigenvalue weighted by atomic mass is 10.1. The maximum absolute atomic E-state index is 11.8. The van der Waals surface area contributed by atoms with E-state index in [-0.39, 0.29) is 11.1 Å². The molecular weight excluding hydrogens is 312 g/mol. The van der Waals surface area contributed by atoms with Gasteiger partial charge in [-0.2, -0.15) is 0 Å². The quantitative estimate of drug-likeness (QED) is 0.638. The van der Waals surface area contributed by atoms with Crippen molar-refractivity contribution in [3.05, 3.63) is 41.1 Å². The van der Waals surface area contributed by atoms with Gasteiger partial charge in [-0.05, 0) is 25.1 Å². The molecule has 2 aromatic rings. The van der Waals surface area contributed by atoms with E-state index in [1.165, 1.54) is 20.3 Å². The van der Waals surface area contributed by atoms with Gasteiger partial charge in [-0.25, -0.2) is 14.2 Å². The van der Waals surface area contributed by atoms with Crippen LogP contribution in [0.3, 0.4) is 0 Å². The van der Waals surface area contributed by atoms with Crippen LogP contribution in [0.4, 0.5) is 17.5 Å². The number of rotatable bonds is 4. The molecule has 0 atom stereocenters. The third-order valence-electron chi connectivity index (χ3n) is 3.50. The number of aromatic nitrogens is 2. The molecule has 0 unspecified atom stereocenters. The Morgan fingerprint density at radius 1 is 1.08 bits per heavy atom. The van der Waals surface area contributed by atoms with E-state index in [0.29, 0.717) is 17.5 Å². The summed E-state index contributed by atoms with van der Waals surface area (Å²) in [6.07, 6.45) is 0. The molecule has 0 aliphatic rings. The maximum Gasteiger partial charge on any atom is 0.391 e. The molecule has 0 fully saturated rings. The minimum Gasteiger partial charge on any atom is -0.465 e. The lowest BCUT2D eigenvalue weighted by molar-refractivity contribution is -0.665. The van der Waals surface area contributed by atoms with Crippen molar-refractivity contribution in [1.82, 2.24) is 4.98 Å². The summed E-state index contributed by atoms with van der Waals surface area (Å²) in [5.41, 5.74) is 7.65. The van der Waals surface area contributed by atoms with Crippen molar-refractivity contribution < 1.29 is 23.6 Å². The fourth-order valence-electron chi connectivity index (χ4n) is 2.09. The molecule has 0 radical (unpaired) electrons. The Bertz CT molecular complexity index is 747. The van der Waals surface area contributed by atoms with E-state index in [4.69, 9.17) is 15.2 Å². The molecule has 0 amide bonds.